The summed E-state index contributed by atoms with van der Waals surface area (Å²) in [5, 5.41) is 1.57. The van der Waals surface area contributed by atoms with Gasteiger partial charge in [-0.1, -0.05) is 123 Å². The van der Waals surface area contributed by atoms with Crippen LogP contribution in [0.3, 0.4) is 0 Å². The maximum absolute atomic E-state index is 6.01. The Morgan fingerprint density at radius 2 is 1.04 bits per heavy atom. The van der Waals surface area contributed by atoms with E-state index in [9.17, 15) is 0 Å². The van der Waals surface area contributed by atoms with Crippen LogP contribution in [0.4, 0.5) is 0 Å². The van der Waals surface area contributed by atoms with Crippen molar-refractivity contribution in [3.8, 4) is 5.75 Å². The van der Waals surface area contributed by atoms with Gasteiger partial charge in [0, 0.05) is 13.8 Å². The minimum absolute atomic E-state index is 0. The number of rotatable bonds is 19. The fourth-order valence-electron chi connectivity index (χ4n) is 6.07. The van der Waals surface area contributed by atoms with Gasteiger partial charge >= 0.3 is 0 Å². The molecule has 0 bridgehead atoms. The molecule has 0 aromatic heterocycles. The molecule has 0 amide bonds. The van der Waals surface area contributed by atoms with Crippen molar-refractivity contribution in [1.82, 2.24) is 4.90 Å². The van der Waals surface area contributed by atoms with Crippen molar-refractivity contribution in [2.24, 2.45) is 0 Å². The number of halogens is 1. The Balaban J connectivity index is 0.00000576. The van der Waals surface area contributed by atoms with Crippen LogP contribution < -0.4 is 27.0 Å². The summed E-state index contributed by atoms with van der Waals surface area (Å²) < 4.78 is 6.01. The van der Waals surface area contributed by atoms with Gasteiger partial charge in [0.1, 0.15) is 12.4 Å². The van der Waals surface area contributed by atoms with E-state index < -0.39 is 7.26 Å². The highest BCUT2D eigenvalue weighted by Crippen LogP contribution is 2.50. The summed E-state index contributed by atoms with van der Waals surface area (Å²) >= 11 is 0. The minimum atomic E-state index is -0.976. The van der Waals surface area contributed by atoms with Gasteiger partial charge in [-0.05, 0) is 91.9 Å². The van der Waals surface area contributed by atoms with Crippen LogP contribution in [0.15, 0.2) is 115 Å². The monoisotopic (exact) mass is 699 g/mol. The van der Waals surface area contributed by atoms with Gasteiger partial charge in [0.25, 0.3) is 0 Å². The van der Waals surface area contributed by atoms with Gasteiger partial charge in [-0.3, -0.25) is 0 Å². The molecular weight excluding hydrogens is 645 g/mol. The Hall–Kier alpha value is -2.71. The largest absolute Gasteiger partial charge is 1.00 e. The average Bonchev–Trinajstić information content (AvgIpc) is 3.06. The summed E-state index contributed by atoms with van der Waals surface area (Å²) in [4.78, 5) is 2.15. The highest BCUT2D eigenvalue weighted by atomic mass is 79.9. The third-order valence-electron chi connectivity index (χ3n) is 8.79. The van der Waals surface area contributed by atoms with Crippen molar-refractivity contribution >= 4 is 23.7 Å². The Kier molecular flexibility index (Phi) is 16.8. The van der Waals surface area contributed by atoms with Crippen LogP contribution in [-0.2, 0) is 0 Å². The summed E-state index contributed by atoms with van der Waals surface area (Å²) in [5.41, 5.74) is 6.62. The molecule has 0 aliphatic heterocycles. The molecule has 246 valence electrons. The van der Waals surface area contributed by atoms with Gasteiger partial charge < -0.3 is 26.6 Å². The molecule has 4 rings (SSSR count). The topological polar surface area (TPSA) is 12.5 Å². The second-order valence-electron chi connectivity index (χ2n) is 13.1. The number of benzene rings is 4. The first-order valence-corrected chi connectivity index (χ1v) is 19.9. The van der Waals surface area contributed by atoms with Crippen LogP contribution in [0.25, 0.3) is 11.1 Å². The normalized spacial score (nSPS) is 12.0. The van der Waals surface area contributed by atoms with Crippen molar-refractivity contribution in [3.63, 3.8) is 0 Å². The molecule has 0 radical (unpaired) electrons. The Labute approximate surface area is 291 Å². The summed E-state index contributed by atoms with van der Waals surface area (Å²) in [6.07, 6.45) is 13.1. The molecule has 0 spiro atoms. The van der Waals surface area contributed by atoms with Crippen LogP contribution in [-0.4, -0.2) is 51.6 Å². The van der Waals surface area contributed by atoms with E-state index in [1.807, 2.05) is 0 Å². The maximum atomic E-state index is 6.01. The molecule has 0 saturated carbocycles. The Bertz CT molecular complexity index is 1400. The van der Waals surface area contributed by atoms with E-state index in [1.54, 1.807) is 5.30 Å². The lowest BCUT2D eigenvalue weighted by Crippen LogP contribution is -3.00. The number of ether oxygens (including phenoxy) is 1. The van der Waals surface area contributed by atoms with Gasteiger partial charge in [0.05, 0.1) is 24.8 Å². The zero-order valence-electron chi connectivity index (χ0n) is 28.6. The maximum Gasteiger partial charge on any atom is 0.119 e. The number of hydrogen-bond donors (Lipinski definition) is 0. The van der Waals surface area contributed by atoms with E-state index in [2.05, 4.69) is 148 Å². The molecule has 4 heteroatoms. The lowest BCUT2D eigenvalue weighted by Gasteiger charge is -2.18. The predicted molar refractivity (Wildman–Crippen MR) is 201 cm³/mol. The number of likely N-dealkylation sites (N-methyl/N-ethyl adjacent to an activating group) is 1. The molecule has 0 atom stereocenters. The second-order valence-corrected chi connectivity index (χ2v) is 17.4. The van der Waals surface area contributed by atoms with Crippen LogP contribution in [0.1, 0.15) is 74.5 Å². The molecule has 0 heterocycles. The van der Waals surface area contributed by atoms with Gasteiger partial charge in [0.15, 0.2) is 0 Å². The summed E-state index contributed by atoms with van der Waals surface area (Å²) in [5.74, 6) is 0.927. The molecular formula is C42H55BrNOP. The van der Waals surface area contributed by atoms with E-state index in [4.69, 9.17) is 4.74 Å². The standard InChI is InChI=1S/C42H55NOP.BrH/c1-43(2)33-34-44-39-31-29-38(30-32-39)42(37-24-16-12-17-25-37)41(36-22-14-11-15-23-36)28-20-9-7-5-6-8-10-21-35-45(3,4)40-26-18-13-19-27-40;/h11-19,22-27,29-32H,5-10,20-21,28,33-35H2,1-4H3;1H/q+1;/p-1/b42-41-;. The van der Waals surface area contributed by atoms with E-state index in [1.165, 1.54) is 85.4 Å². The summed E-state index contributed by atoms with van der Waals surface area (Å²) in [6, 6.07) is 41.8. The van der Waals surface area contributed by atoms with Gasteiger partial charge in [-0.2, -0.15) is 0 Å². The summed E-state index contributed by atoms with van der Waals surface area (Å²) in [6.45, 7) is 6.60. The van der Waals surface area contributed by atoms with Crippen molar-refractivity contribution in [2.45, 2.75) is 57.8 Å². The van der Waals surface area contributed by atoms with Crippen LogP contribution in [0, 0.1) is 0 Å². The predicted octanol–water partition coefficient (Wildman–Crippen LogP) is 7.70. The lowest BCUT2D eigenvalue weighted by molar-refractivity contribution is -0.00000986. The van der Waals surface area contributed by atoms with Crippen LogP contribution >= 0.6 is 7.26 Å². The fraction of sp³-hybridized carbons (Fsp3) is 0.381. The van der Waals surface area contributed by atoms with Crippen LogP contribution in [0.5, 0.6) is 5.75 Å². The number of hydrogen-bond acceptors (Lipinski definition) is 2. The van der Waals surface area contributed by atoms with Gasteiger partial charge in [-0.25, -0.2) is 0 Å². The van der Waals surface area contributed by atoms with Crippen molar-refractivity contribution in [1.29, 1.82) is 0 Å². The van der Waals surface area contributed by atoms with Crippen molar-refractivity contribution < 1.29 is 21.7 Å². The molecule has 4 aromatic rings. The van der Waals surface area contributed by atoms with E-state index in [0.29, 0.717) is 6.61 Å². The number of nitrogens with zero attached hydrogens (tertiary/aromatic N) is 1. The zero-order valence-corrected chi connectivity index (χ0v) is 31.1. The third kappa shape index (κ3) is 12.5. The first-order valence-electron chi connectivity index (χ1n) is 17.0. The first kappa shape index (κ1) is 37.7. The minimum Gasteiger partial charge on any atom is -1.00 e. The molecule has 0 N–H and O–H groups in total. The Morgan fingerprint density at radius 1 is 0.565 bits per heavy atom. The highest BCUT2D eigenvalue weighted by Gasteiger charge is 2.27. The molecule has 2 nitrogen and oxygen atoms in total. The number of allylic oxidation sites excluding steroid dienone is 1. The van der Waals surface area contributed by atoms with Crippen molar-refractivity contribution in [3.05, 3.63) is 132 Å². The molecule has 0 unspecified atom stereocenters. The molecule has 46 heavy (non-hydrogen) atoms. The quantitative estimate of drug-likeness (QED) is 0.0565. The molecule has 4 aromatic carbocycles. The molecule has 0 aliphatic carbocycles. The van der Waals surface area contributed by atoms with E-state index in [-0.39, 0.29) is 17.0 Å². The highest BCUT2D eigenvalue weighted by molar-refractivity contribution is 7.81. The van der Waals surface area contributed by atoms with Gasteiger partial charge in [0.2, 0.25) is 0 Å². The summed E-state index contributed by atoms with van der Waals surface area (Å²) in [7, 11) is 3.17. The smallest absolute Gasteiger partial charge is 0.119 e. The Morgan fingerprint density at radius 3 is 1.61 bits per heavy atom. The third-order valence-corrected chi connectivity index (χ3v) is 11.9. The fourth-order valence-corrected chi connectivity index (χ4v) is 8.32. The van der Waals surface area contributed by atoms with E-state index in [0.717, 1.165) is 18.7 Å². The zero-order chi connectivity index (χ0) is 31.7. The SMILES string of the molecule is CN(C)CCOc1ccc(/C(=C(/CCCCCCCCCC[P+](C)(C)c2ccccc2)c2ccccc2)c2ccccc2)cc1.[Br-]. The molecule has 0 saturated heterocycles. The second kappa shape index (κ2) is 20.5. The first-order chi connectivity index (χ1) is 21.9. The van der Waals surface area contributed by atoms with Gasteiger partial charge in [-0.15, -0.1) is 0 Å². The van der Waals surface area contributed by atoms with Crippen molar-refractivity contribution in [2.75, 3.05) is 46.7 Å². The van der Waals surface area contributed by atoms with Crippen LogP contribution in [0.2, 0.25) is 0 Å². The number of unbranched alkanes of at least 4 members (excludes halogenated alkanes) is 7. The molecule has 0 fully saturated rings. The molecule has 0 aliphatic rings. The lowest BCUT2D eigenvalue weighted by atomic mass is 9.86. The van der Waals surface area contributed by atoms with E-state index >= 15 is 0 Å². The average molecular weight is 701 g/mol.